The smallest absolute Gasteiger partial charge is 0.351 e. The van der Waals surface area contributed by atoms with Crippen molar-refractivity contribution in [3.8, 4) is 28.2 Å². The lowest BCUT2D eigenvalue weighted by Crippen LogP contribution is -2.25. The number of aryl methyl sites for hydroxylation is 1. The highest BCUT2D eigenvalue weighted by Gasteiger charge is 2.18. The molecule has 0 bridgehead atoms. The summed E-state index contributed by atoms with van der Waals surface area (Å²) < 4.78 is 8.35. The Kier molecular flexibility index (Phi) is 7.72. The standard InChI is InChI=1S/C29H29N7O3/c1-3-4-13-27-32-36(26-12-8-5-9-23(26)19-39-20(2)37)29(38)35(27)18-21-14-16-22(17-15-21)24-10-6-7-11-25(24)28-30-33-34-31-28/h5-12,14-17H,3-4,13,18-19H2,1-2H3,(H,30,31,33,34). The average Bonchev–Trinajstić information content (AvgIpc) is 3.60. The first kappa shape index (κ1) is 25.8. The summed E-state index contributed by atoms with van der Waals surface area (Å²) in [4.78, 5) is 25.0. The molecule has 39 heavy (non-hydrogen) atoms. The molecule has 0 saturated heterocycles. The van der Waals surface area contributed by atoms with E-state index in [9.17, 15) is 9.59 Å². The second-order valence-corrected chi connectivity index (χ2v) is 9.20. The first-order valence-electron chi connectivity index (χ1n) is 12.9. The molecule has 0 aliphatic rings. The minimum Gasteiger partial charge on any atom is -0.461 e. The number of hydrogen-bond donors (Lipinski definition) is 1. The number of tetrazole rings is 1. The van der Waals surface area contributed by atoms with Crippen LogP contribution >= 0.6 is 0 Å². The number of ether oxygens (including phenoxy) is 1. The zero-order chi connectivity index (χ0) is 27.2. The van der Waals surface area contributed by atoms with Gasteiger partial charge in [-0.2, -0.15) is 4.68 Å². The number of benzene rings is 3. The third-order valence-corrected chi connectivity index (χ3v) is 6.48. The molecule has 198 valence electrons. The van der Waals surface area contributed by atoms with Crippen LogP contribution in [0.3, 0.4) is 0 Å². The molecule has 2 heterocycles. The number of nitrogens with zero attached hydrogens (tertiary/aromatic N) is 6. The third kappa shape index (κ3) is 5.69. The van der Waals surface area contributed by atoms with Gasteiger partial charge in [-0.05, 0) is 39.6 Å². The minimum atomic E-state index is -0.380. The fraction of sp³-hybridized carbons (Fsp3) is 0.241. The van der Waals surface area contributed by atoms with Crippen molar-refractivity contribution in [1.29, 1.82) is 0 Å². The van der Waals surface area contributed by atoms with Crippen molar-refractivity contribution in [2.45, 2.75) is 46.3 Å². The van der Waals surface area contributed by atoms with Crippen LogP contribution in [0.5, 0.6) is 0 Å². The van der Waals surface area contributed by atoms with Crippen LogP contribution in [0.1, 0.15) is 43.6 Å². The van der Waals surface area contributed by atoms with Crippen LogP contribution in [0, 0.1) is 0 Å². The number of H-pyrrole nitrogens is 1. The molecule has 0 aliphatic carbocycles. The summed E-state index contributed by atoms with van der Waals surface area (Å²) >= 11 is 0. The van der Waals surface area contributed by atoms with Gasteiger partial charge in [0.15, 0.2) is 5.82 Å². The number of aromatic nitrogens is 7. The largest absolute Gasteiger partial charge is 0.461 e. The summed E-state index contributed by atoms with van der Waals surface area (Å²) in [6.07, 6.45) is 2.58. The van der Waals surface area contributed by atoms with Crippen molar-refractivity contribution in [2.24, 2.45) is 0 Å². The van der Waals surface area contributed by atoms with Crippen LogP contribution in [0.15, 0.2) is 77.6 Å². The van der Waals surface area contributed by atoms with Gasteiger partial charge in [0.25, 0.3) is 0 Å². The fourth-order valence-electron chi connectivity index (χ4n) is 4.48. The lowest BCUT2D eigenvalue weighted by molar-refractivity contribution is -0.142. The Bertz CT molecular complexity index is 1620. The van der Waals surface area contributed by atoms with Crippen molar-refractivity contribution in [3.05, 3.63) is 100 Å². The number of rotatable bonds is 10. The molecule has 0 saturated carbocycles. The molecule has 0 spiro atoms. The Morgan fingerprint density at radius 3 is 2.44 bits per heavy atom. The summed E-state index contributed by atoms with van der Waals surface area (Å²) in [6.45, 7) is 3.93. The highest BCUT2D eigenvalue weighted by Crippen LogP contribution is 2.29. The topological polar surface area (TPSA) is 121 Å². The summed E-state index contributed by atoms with van der Waals surface area (Å²) in [6, 6.07) is 23.4. The van der Waals surface area contributed by atoms with Gasteiger partial charge >= 0.3 is 11.7 Å². The normalized spacial score (nSPS) is 11.0. The van der Waals surface area contributed by atoms with Crippen LogP contribution in [0.2, 0.25) is 0 Å². The maximum Gasteiger partial charge on any atom is 0.351 e. The number of carbonyl (C=O) groups excluding carboxylic acids is 1. The van der Waals surface area contributed by atoms with E-state index in [-0.39, 0.29) is 18.3 Å². The SMILES string of the molecule is CCCCc1nn(-c2ccccc2COC(C)=O)c(=O)n1Cc1ccc(-c2ccccc2-c2nnn[nH]2)cc1. The summed E-state index contributed by atoms with van der Waals surface area (Å²) in [5.74, 6) is 0.939. The first-order chi connectivity index (χ1) is 19.0. The van der Waals surface area contributed by atoms with E-state index >= 15 is 0 Å². The van der Waals surface area contributed by atoms with Crippen LogP contribution in [-0.2, 0) is 29.1 Å². The number of hydrogen-bond acceptors (Lipinski definition) is 7. The molecular formula is C29H29N7O3. The van der Waals surface area contributed by atoms with E-state index < -0.39 is 0 Å². The number of para-hydroxylation sites is 1. The van der Waals surface area contributed by atoms with E-state index in [4.69, 9.17) is 9.84 Å². The highest BCUT2D eigenvalue weighted by molar-refractivity contribution is 5.80. The van der Waals surface area contributed by atoms with Crippen LogP contribution in [0.4, 0.5) is 0 Å². The van der Waals surface area contributed by atoms with Crippen LogP contribution in [0.25, 0.3) is 28.2 Å². The molecule has 0 radical (unpaired) electrons. The van der Waals surface area contributed by atoms with Crippen molar-refractivity contribution in [3.63, 3.8) is 0 Å². The van der Waals surface area contributed by atoms with Gasteiger partial charge in [0.2, 0.25) is 0 Å². The maximum atomic E-state index is 13.6. The molecule has 3 aromatic carbocycles. The predicted octanol–water partition coefficient (Wildman–Crippen LogP) is 4.34. The van der Waals surface area contributed by atoms with Crippen molar-refractivity contribution < 1.29 is 9.53 Å². The van der Waals surface area contributed by atoms with E-state index in [1.165, 1.54) is 11.6 Å². The van der Waals surface area contributed by atoms with Gasteiger partial charge in [0.1, 0.15) is 12.4 Å². The monoisotopic (exact) mass is 523 g/mol. The van der Waals surface area contributed by atoms with Crippen molar-refractivity contribution in [2.75, 3.05) is 0 Å². The quantitative estimate of drug-likeness (QED) is 0.270. The molecule has 10 nitrogen and oxygen atoms in total. The summed E-state index contributed by atoms with van der Waals surface area (Å²) in [5, 5.41) is 19.0. The lowest BCUT2D eigenvalue weighted by Gasteiger charge is -2.10. The van der Waals surface area contributed by atoms with Crippen molar-refractivity contribution >= 4 is 5.97 Å². The Morgan fingerprint density at radius 2 is 1.72 bits per heavy atom. The summed E-state index contributed by atoms with van der Waals surface area (Å²) in [5.41, 5.74) is 4.98. The number of carbonyl (C=O) groups is 1. The fourth-order valence-corrected chi connectivity index (χ4v) is 4.48. The average molecular weight is 524 g/mol. The minimum absolute atomic E-state index is 0.0716. The van der Waals surface area contributed by atoms with E-state index in [0.717, 1.165) is 40.9 Å². The zero-order valence-electron chi connectivity index (χ0n) is 21.9. The van der Waals surface area contributed by atoms with Crippen molar-refractivity contribution in [1.82, 2.24) is 35.0 Å². The molecule has 1 N–H and O–H groups in total. The van der Waals surface area contributed by atoms with Crippen LogP contribution in [-0.4, -0.2) is 40.9 Å². The predicted molar refractivity (Wildman–Crippen MR) is 146 cm³/mol. The Hall–Kier alpha value is -4.86. The molecule has 5 aromatic rings. The Balaban J connectivity index is 1.47. The maximum absolute atomic E-state index is 13.6. The molecule has 0 unspecified atom stereocenters. The number of esters is 1. The third-order valence-electron chi connectivity index (χ3n) is 6.48. The van der Waals surface area contributed by atoms with Gasteiger partial charge < -0.3 is 4.74 Å². The zero-order valence-corrected chi connectivity index (χ0v) is 21.9. The number of aromatic amines is 1. The highest BCUT2D eigenvalue weighted by atomic mass is 16.5. The van der Waals surface area contributed by atoms with E-state index in [2.05, 4.69) is 27.5 Å². The second kappa shape index (κ2) is 11.7. The molecule has 5 rings (SSSR count). The molecular weight excluding hydrogens is 494 g/mol. The Labute approximate surface area is 225 Å². The molecule has 10 heteroatoms. The molecule has 0 aliphatic heterocycles. The molecule has 0 atom stereocenters. The van der Waals surface area contributed by atoms with Gasteiger partial charge in [0, 0.05) is 24.5 Å². The Morgan fingerprint density at radius 1 is 0.974 bits per heavy atom. The van der Waals surface area contributed by atoms with Crippen LogP contribution < -0.4 is 5.69 Å². The van der Waals surface area contributed by atoms with Gasteiger partial charge in [-0.15, -0.1) is 10.2 Å². The van der Waals surface area contributed by atoms with Gasteiger partial charge in [-0.25, -0.2) is 9.89 Å². The van der Waals surface area contributed by atoms with Gasteiger partial charge in [-0.3, -0.25) is 9.36 Å². The van der Waals surface area contributed by atoms with Gasteiger partial charge in [0.05, 0.1) is 12.2 Å². The molecule has 2 aromatic heterocycles. The second-order valence-electron chi connectivity index (χ2n) is 9.20. The number of nitrogens with one attached hydrogen (secondary N) is 1. The van der Waals surface area contributed by atoms with E-state index in [1.54, 1.807) is 4.57 Å². The molecule has 0 fully saturated rings. The lowest BCUT2D eigenvalue weighted by atomic mass is 9.98. The van der Waals surface area contributed by atoms with E-state index in [0.29, 0.717) is 30.0 Å². The summed E-state index contributed by atoms with van der Waals surface area (Å²) in [7, 11) is 0. The van der Waals surface area contributed by atoms with Gasteiger partial charge in [-0.1, -0.05) is 80.1 Å². The number of unbranched alkanes of at least 4 members (excludes halogenated alkanes) is 1. The first-order valence-corrected chi connectivity index (χ1v) is 12.9. The van der Waals surface area contributed by atoms with E-state index in [1.807, 2.05) is 72.8 Å². The molecule has 0 amide bonds.